The van der Waals surface area contributed by atoms with E-state index in [4.69, 9.17) is 0 Å². The van der Waals surface area contributed by atoms with Crippen LogP contribution in [-0.4, -0.2) is 41.5 Å². The zero-order chi connectivity index (χ0) is 13.7. The molecule has 0 atom stereocenters. The molecule has 0 fully saturated rings. The molecule has 18 heavy (non-hydrogen) atoms. The minimum Gasteiger partial charge on any atom is -0.469 e. The van der Waals surface area contributed by atoms with E-state index in [0.717, 1.165) is 4.47 Å². The van der Waals surface area contributed by atoms with Crippen molar-refractivity contribution in [2.24, 2.45) is 7.05 Å². The number of halogens is 1. The number of nitrogens with zero attached hydrogens (tertiary/aromatic N) is 2. The Bertz CT molecular complexity index is 443. The molecule has 1 amide bonds. The molecule has 0 N–H and O–H groups in total. The lowest BCUT2D eigenvalue weighted by Gasteiger charge is -2.20. The van der Waals surface area contributed by atoms with Gasteiger partial charge in [-0.2, -0.15) is 0 Å². The van der Waals surface area contributed by atoms with E-state index in [1.165, 1.54) is 7.11 Å². The molecular weight excluding hydrogens is 300 g/mol. The van der Waals surface area contributed by atoms with Gasteiger partial charge in [0, 0.05) is 30.8 Å². The van der Waals surface area contributed by atoms with Crippen molar-refractivity contribution in [3.63, 3.8) is 0 Å². The van der Waals surface area contributed by atoms with Gasteiger partial charge in [0.2, 0.25) is 0 Å². The number of amides is 1. The second-order valence-corrected chi connectivity index (χ2v) is 4.78. The van der Waals surface area contributed by atoms with E-state index in [-0.39, 0.29) is 18.3 Å². The molecule has 1 heterocycles. The van der Waals surface area contributed by atoms with Crippen LogP contribution in [0.2, 0.25) is 0 Å². The molecular formula is C12H17BrN2O3. The van der Waals surface area contributed by atoms with Crippen molar-refractivity contribution in [2.45, 2.75) is 13.3 Å². The Labute approximate surface area is 115 Å². The van der Waals surface area contributed by atoms with Crippen molar-refractivity contribution in [3.05, 3.63) is 22.4 Å². The summed E-state index contributed by atoms with van der Waals surface area (Å²) in [7, 11) is 3.15. The summed E-state index contributed by atoms with van der Waals surface area (Å²) in [6.45, 7) is 2.80. The van der Waals surface area contributed by atoms with Crippen molar-refractivity contribution in [1.82, 2.24) is 9.47 Å². The molecule has 0 aliphatic carbocycles. The Balaban J connectivity index is 2.73. The van der Waals surface area contributed by atoms with Crippen molar-refractivity contribution in [3.8, 4) is 0 Å². The van der Waals surface area contributed by atoms with Crippen LogP contribution < -0.4 is 0 Å². The fourth-order valence-corrected chi connectivity index (χ4v) is 2.15. The minimum atomic E-state index is -0.311. The smallest absolute Gasteiger partial charge is 0.307 e. The number of carbonyl (C=O) groups is 2. The Hall–Kier alpha value is -1.30. The Morgan fingerprint density at radius 2 is 2.17 bits per heavy atom. The fourth-order valence-electron chi connectivity index (χ4n) is 1.63. The Morgan fingerprint density at radius 1 is 1.50 bits per heavy atom. The molecule has 0 spiro atoms. The van der Waals surface area contributed by atoms with Gasteiger partial charge >= 0.3 is 5.97 Å². The molecule has 0 radical (unpaired) electrons. The first-order valence-corrected chi connectivity index (χ1v) is 6.46. The van der Waals surface area contributed by atoms with Crippen LogP contribution in [0.25, 0.3) is 0 Å². The SMILES string of the molecule is CCN(CCC(=O)OC)C(=O)c1cc(Br)cn1C. The molecule has 6 heteroatoms. The lowest BCUT2D eigenvalue weighted by Crippen LogP contribution is -2.34. The summed E-state index contributed by atoms with van der Waals surface area (Å²) in [5, 5.41) is 0. The van der Waals surface area contributed by atoms with Crippen molar-refractivity contribution in [1.29, 1.82) is 0 Å². The maximum absolute atomic E-state index is 12.2. The molecule has 0 aliphatic heterocycles. The summed E-state index contributed by atoms with van der Waals surface area (Å²) in [5.74, 6) is -0.399. The van der Waals surface area contributed by atoms with E-state index in [1.807, 2.05) is 20.2 Å². The number of methoxy groups -OCH3 is 1. The Kier molecular flexibility index (Phi) is 5.40. The van der Waals surface area contributed by atoms with E-state index in [0.29, 0.717) is 18.8 Å². The average molecular weight is 317 g/mol. The molecule has 100 valence electrons. The summed E-state index contributed by atoms with van der Waals surface area (Å²) >= 11 is 3.33. The topological polar surface area (TPSA) is 51.5 Å². The van der Waals surface area contributed by atoms with Crippen molar-refractivity contribution in [2.75, 3.05) is 20.2 Å². The quantitative estimate of drug-likeness (QED) is 0.778. The first-order valence-electron chi connectivity index (χ1n) is 5.67. The van der Waals surface area contributed by atoms with E-state index in [1.54, 1.807) is 15.5 Å². The van der Waals surface area contributed by atoms with Gasteiger partial charge in [-0.25, -0.2) is 0 Å². The van der Waals surface area contributed by atoms with Gasteiger partial charge in [-0.3, -0.25) is 9.59 Å². The number of aryl methyl sites for hydroxylation is 1. The van der Waals surface area contributed by atoms with E-state index in [2.05, 4.69) is 20.7 Å². The van der Waals surface area contributed by atoms with Gasteiger partial charge in [-0.05, 0) is 28.9 Å². The van der Waals surface area contributed by atoms with Gasteiger partial charge in [0.1, 0.15) is 5.69 Å². The molecule has 1 rings (SSSR count). The van der Waals surface area contributed by atoms with Crippen LogP contribution in [-0.2, 0) is 16.6 Å². The molecule has 0 unspecified atom stereocenters. The van der Waals surface area contributed by atoms with Crippen LogP contribution in [0.1, 0.15) is 23.8 Å². The lowest BCUT2D eigenvalue weighted by molar-refractivity contribution is -0.140. The number of ether oxygens (including phenoxy) is 1. The van der Waals surface area contributed by atoms with E-state index >= 15 is 0 Å². The minimum absolute atomic E-state index is 0.0883. The number of hydrogen-bond donors (Lipinski definition) is 0. The molecule has 5 nitrogen and oxygen atoms in total. The standard InChI is InChI=1S/C12H17BrN2O3/c1-4-15(6-5-11(16)18-3)12(17)10-7-9(13)8-14(10)2/h7-8H,4-6H2,1-3H3. The van der Waals surface area contributed by atoms with E-state index in [9.17, 15) is 9.59 Å². The van der Waals surface area contributed by atoms with Crippen molar-refractivity contribution < 1.29 is 14.3 Å². The third kappa shape index (κ3) is 3.60. The fraction of sp³-hybridized carbons (Fsp3) is 0.500. The Morgan fingerprint density at radius 3 is 2.61 bits per heavy atom. The highest BCUT2D eigenvalue weighted by Crippen LogP contribution is 2.15. The molecule has 0 aromatic carbocycles. The number of hydrogen-bond acceptors (Lipinski definition) is 3. The third-order valence-corrected chi connectivity index (χ3v) is 3.11. The number of rotatable bonds is 5. The largest absolute Gasteiger partial charge is 0.469 e. The predicted octanol–water partition coefficient (Wildman–Crippen LogP) is 1.81. The summed E-state index contributed by atoms with van der Waals surface area (Å²) in [6.07, 6.45) is 2.03. The van der Waals surface area contributed by atoms with Gasteiger partial charge < -0.3 is 14.2 Å². The maximum Gasteiger partial charge on any atom is 0.307 e. The van der Waals surface area contributed by atoms with Gasteiger partial charge in [0.25, 0.3) is 5.91 Å². The summed E-state index contributed by atoms with van der Waals surface area (Å²) in [6, 6.07) is 1.77. The number of esters is 1. The van der Waals surface area contributed by atoms with Gasteiger partial charge in [-0.1, -0.05) is 0 Å². The normalized spacial score (nSPS) is 10.2. The summed E-state index contributed by atoms with van der Waals surface area (Å²) in [5.41, 5.74) is 0.591. The molecule has 0 saturated heterocycles. The summed E-state index contributed by atoms with van der Waals surface area (Å²) < 4.78 is 7.18. The molecule has 0 saturated carbocycles. The number of carbonyl (C=O) groups excluding carboxylic acids is 2. The lowest BCUT2D eigenvalue weighted by atomic mass is 10.3. The zero-order valence-corrected chi connectivity index (χ0v) is 12.4. The highest BCUT2D eigenvalue weighted by atomic mass is 79.9. The monoisotopic (exact) mass is 316 g/mol. The maximum atomic E-state index is 12.2. The van der Waals surface area contributed by atoms with Crippen molar-refractivity contribution >= 4 is 27.8 Å². The third-order valence-electron chi connectivity index (χ3n) is 2.67. The van der Waals surface area contributed by atoms with Gasteiger partial charge in [0.15, 0.2) is 0 Å². The first kappa shape index (κ1) is 14.8. The predicted molar refractivity (Wildman–Crippen MR) is 71.3 cm³/mol. The van der Waals surface area contributed by atoms with E-state index < -0.39 is 0 Å². The number of aromatic nitrogens is 1. The average Bonchev–Trinajstić information content (AvgIpc) is 2.68. The van der Waals surface area contributed by atoms with Crippen LogP contribution >= 0.6 is 15.9 Å². The van der Waals surface area contributed by atoms with Crippen LogP contribution in [0.15, 0.2) is 16.7 Å². The molecule has 0 aliphatic rings. The summed E-state index contributed by atoms with van der Waals surface area (Å²) in [4.78, 5) is 25.0. The highest BCUT2D eigenvalue weighted by Gasteiger charge is 2.18. The van der Waals surface area contributed by atoms with Gasteiger partial charge in [-0.15, -0.1) is 0 Å². The second kappa shape index (κ2) is 6.58. The molecule has 1 aromatic heterocycles. The van der Waals surface area contributed by atoms with Gasteiger partial charge in [0.05, 0.1) is 13.5 Å². The van der Waals surface area contributed by atoms with Crippen LogP contribution in [0.5, 0.6) is 0 Å². The van der Waals surface area contributed by atoms with Crippen LogP contribution in [0.3, 0.4) is 0 Å². The van der Waals surface area contributed by atoms with Crippen LogP contribution in [0, 0.1) is 0 Å². The van der Waals surface area contributed by atoms with Crippen LogP contribution in [0.4, 0.5) is 0 Å². The highest BCUT2D eigenvalue weighted by molar-refractivity contribution is 9.10. The first-order chi connectivity index (χ1) is 8.49. The zero-order valence-electron chi connectivity index (χ0n) is 10.8. The molecule has 0 bridgehead atoms. The molecule has 1 aromatic rings. The second-order valence-electron chi connectivity index (χ2n) is 3.87.